The molecule has 3 heterocycles. The Morgan fingerprint density at radius 2 is 2.06 bits per heavy atom. The molecule has 32 heavy (non-hydrogen) atoms. The second-order valence-corrected chi connectivity index (χ2v) is 9.58. The Balaban J connectivity index is 1.65. The van der Waals surface area contributed by atoms with Gasteiger partial charge in [-0.1, -0.05) is 5.16 Å². The van der Waals surface area contributed by atoms with Crippen LogP contribution in [0.4, 0.5) is 14.5 Å². The molecule has 1 unspecified atom stereocenters. The van der Waals surface area contributed by atoms with E-state index in [4.69, 9.17) is 9.26 Å². The Morgan fingerprint density at radius 1 is 1.31 bits per heavy atom. The summed E-state index contributed by atoms with van der Waals surface area (Å²) in [5.41, 5.74) is -0.610. The molecule has 0 saturated carbocycles. The number of hydrogen-bond acceptors (Lipinski definition) is 6. The molecule has 0 spiro atoms. The number of halogens is 2. The number of carbonyl (C=O) groups is 1. The lowest BCUT2D eigenvalue weighted by Gasteiger charge is -2.26. The molecular formula is C20H20F2N4O5S. The number of sulfonamides is 1. The zero-order valence-corrected chi connectivity index (χ0v) is 18.2. The Kier molecular flexibility index (Phi) is 5.29. The van der Waals surface area contributed by atoms with Crippen molar-refractivity contribution in [3.05, 3.63) is 59.2 Å². The number of aromatic nitrogens is 2. The van der Waals surface area contributed by atoms with Gasteiger partial charge in [0.1, 0.15) is 17.3 Å². The molecule has 12 heteroatoms. The smallest absolute Gasteiger partial charge is 0.276 e. The molecule has 1 aliphatic rings. The minimum atomic E-state index is -4.06. The largest absolute Gasteiger partial charge is 0.488 e. The van der Waals surface area contributed by atoms with Gasteiger partial charge in [-0.3, -0.25) is 4.79 Å². The second kappa shape index (κ2) is 7.71. The molecule has 2 N–H and O–H groups in total. The maximum absolute atomic E-state index is 13.5. The number of aryl methyl sites for hydroxylation is 2. The fourth-order valence-corrected chi connectivity index (χ4v) is 5.15. The zero-order valence-electron chi connectivity index (χ0n) is 17.4. The Labute approximate surface area is 182 Å². The maximum Gasteiger partial charge on any atom is 0.276 e. The van der Waals surface area contributed by atoms with E-state index < -0.39 is 33.1 Å². The van der Waals surface area contributed by atoms with E-state index in [2.05, 4.69) is 15.2 Å². The van der Waals surface area contributed by atoms with Gasteiger partial charge < -0.3 is 19.1 Å². The van der Waals surface area contributed by atoms with Crippen molar-refractivity contribution in [3.63, 3.8) is 0 Å². The van der Waals surface area contributed by atoms with Gasteiger partial charge in [0.05, 0.1) is 11.2 Å². The van der Waals surface area contributed by atoms with Crippen LogP contribution >= 0.6 is 0 Å². The van der Waals surface area contributed by atoms with Crippen molar-refractivity contribution in [2.24, 2.45) is 7.05 Å². The van der Waals surface area contributed by atoms with Gasteiger partial charge >= 0.3 is 0 Å². The van der Waals surface area contributed by atoms with Crippen molar-refractivity contribution in [3.8, 4) is 5.75 Å². The molecule has 0 aliphatic carbocycles. The van der Waals surface area contributed by atoms with Crippen LogP contribution in [0.1, 0.15) is 28.9 Å². The van der Waals surface area contributed by atoms with Crippen molar-refractivity contribution in [2.75, 3.05) is 11.9 Å². The third-order valence-corrected chi connectivity index (χ3v) is 6.58. The molecule has 170 valence electrons. The quantitative estimate of drug-likeness (QED) is 0.611. The standard InChI is InChI=1S/C20H20F2N4O5S/c1-11-6-13(24-31-11)8-20(2)10-30-18-16(32(28,29)25-20)9-26(3)17(18)19(27)23-12-4-5-14(21)15(22)7-12/h4-7,9,25H,8,10H2,1-3H3,(H,23,27). The van der Waals surface area contributed by atoms with E-state index in [0.717, 1.165) is 12.1 Å². The van der Waals surface area contributed by atoms with Crippen LogP contribution < -0.4 is 14.8 Å². The van der Waals surface area contributed by atoms with Gasteiger partial charge in [0.25, 0.3) is 5.91 Å². The van der Waals surface area contributed by atoms with Crippen molar-refractivity contribution < 1.29 is 31.3 Å². The molecule has 3 aromatic rings. The number of rotatable bonds is 4. The van der Waals surface area contributed by atoms with Gasteiger partial charge in [-0.15, -0.1) is 0 Å². The van der Waals surface area contributed by atoms with E-state index in [9.17, 15) is 22.0 Å². The lowest BCUT2D eigenvalue weighted by atomic mass is 9.98. The summed E-state index contributed by atoms with van der Waals surface area (Å²) >= 11 is 0. The minimum absolute atomic E-state index is 0.00435. The van der Waals surface area contributed by atoms with Crippen LogP contribution in [0.15, 0.2) is 39.9 Å². The average Bonchev–Trinajstić information content (AvgIpc) is 3.22. The first-order valence-corrected chi connectivity index (χ1v) is 11.0. The summed E-state index contributed by atoms with van der Waals surface area (Å²) in [5.74, 6) is -2.49. The highest BCUT2D eigenvalue weighted by atomic mass is 32.2. The van der Waals surface area contributed by atoms with Crippen LogP contribution in [0.3, 0.4) is 0 Å². The zero-order chi connectivity index (χ0) is 23.3. The fourth-order valence-electron chi connectivity index (χ4n) is 3.56. The number of fused-ring (bicyclic) bond motifs is 1. The van der Waals surface area contributed by atoms with Crippen molar-refractivity contribution in [1.29, 1.82) is 0 Å². The Hall–Kier alpha value is -3.25. The first-order valence-electron chi connectivity index (χ1n) is 9.52. The van der Waals surface area contributed by atoms with Gasteiger partial charge in [0, 0.05) is 37.5 Å². The molecule has 9 nitrogen and oxygen atoms in total. The topological polar surface area (TPSA) is 115 Å². The summed E-state index contributed by atoms with van der Waals surface area (Å²) < 4.78 is 67.6. The van der Waals surface area contributed by atoms with Gasteiger partial charge in [0.2, 0.25) is 10.0 Å². The molecule has 0 bridgehead atoms. The molecule has 1 aromatic carbocycles. The third-order valence-electron chi connectivity index (χ3n) is 4.95. The van der Waals surface area contributed by atoms with Crippen molar-refractivity contribution in [1.82, 2.24) is 14.4 Å². The van der Waals surface area contributed by atoms with Crippen LogP contribution in [0, 0.1) is 18.6 Å². The number of benzene rings is 1. The van der Waals surface area contributed by atoms with E-state index in [-0.39, 0.29) is 35.1 Å². The number of hydrogen-bond donors (Lipinski definition) is 2. The highest BCUT2D eigenvalue weighted by Crippen LogP contribution is 2.35. The van der Waals surface area contributed by atoms with E-state index >= 15 is 0 Å². The summed E-state index contributed by atoms with van der Waals surface area (Å²) in [5, 5.41) is 6.33. The summed E-state index contributed by atoms with van der Waals surface area (Å²) in [6, 6.07) is 4.58. The molecular weight excluding hydrogens is 446 g/mol. The van der Waals surface area contributed by atoms with Crippen molar-refractivity contribution >= 4 is 21.6 Å². The number of ether oxygens (including phenoxy) is 1. The second-order valence-electron chi connectivity index (χ2n) is 7.93. The van der Waals surface area contributed by atoms with Crippen LogP contribution in [0.2, 0.25) is 0 Å². The van der Waals surface area contributed by atoms with E-state index in [1.54, 1.807) is 19.9 Å². The number of amides is 1. The molecule has 1 aliphatic heterocycles. The first-order chi connectivity index (χ1) is 15.0. The van der Waals surface area contributed by atoms with Crippen molar-refractivity contribution in [2.45, 2.75) is 30.7 Å². The van der Waals surface area contributed by atoms with Crippen LogP contribution in [0.5, 0.6) is 5.75 Å². The van der Waals surface area contributed by atoms with E-state index in [1.165, 1.54) is 23.9 Å². The molecule has 1 amide bonds. The lowest BCUT2D eigenvalue weighted by Crippen LogP contribution is -2.50. The molecule has 0 fully saturated rings. The molecule has 0 saturated heterocycles. The van der Waals surface area contributed by atoms with E-state index in [0.29, 0.717) is 11.5 Å². The summed E-state index contributed by atoms with van der Waals surface area (Å²) in [7, 11) is -2.59. The van der Waals surface area contributed by atoms with Crippen LogP contribution in [-0.4, -0.2) is 36.2 Å². The SMILES string of the molecule is Cc1cc(CC2(C)COc3c(cn(C)c3C(=O)Nc3ccc(F)c(F)c3)S(=O)(=O)N2)no1. The predicted octanol–water partition coefficient (Wildman–Crippen LogP) is 2.52. The van der Waals surface area contributed by atoms with Gasteiger partial charge in [-0.25, -0.2) is 21.9 Å². The monoisotopic (exact) mass is 466 g/mol. The number of anilines is 1. The summed E-state index contributed by atoms with van der Waals surface area (Å²) in [6.07, 6.45) is 1.44. The number of nitrogens with zero attached hydrogens (tertiary/aromatic N) is 2. The Bertz CT molecular complexity index is 1320. The third kappa shape index (κ3) is 4.10. The van der Waals surface area contributed by atoms with E-state index in [1.807, 2.05) is 0 Å². The number of nitrogens with one attached hydrogen (secondary N) is 2. The average molecular weight is 466 g/mol. The normalized spacial score (nSPS) is 19.7. The van der Waals surface area contributed by atoms with Gasteiger partial charge in [-0.2, -0.15) is 0 Å². The van der Waals surface area contributed by atoms with Gasteiger partial charge in [0.15, 0.2) is 23.1 Å². The highest BCUT2D eigenvalue weighted by molar-refractivity contribution is 7.89. The lowest BCUT2D eigenvalue weighted by molar-refractivity contribution is 0.101. The molecule has 2 aromatic heterocycles. The summed E-state index contributed by atoms with van der Waals surface area (Å²) in [6.45, 7) is 3.28. The summed E-state index contributed by atoms with van der Waals surface area (Å²) in [4.78, 5) is 12.7. The predicted molar refractivity (Wildman–Crippen MR) is 109 cm³/mol. The molecule has 1 atom stereocenters. The minimum Gasteiger partial charge on any atom is -0.488 e. The molecule has 0 radical (unpaired) electrons. The fraction of sp³-hybridized carbons (Fsp3) is 0.300. The van der Waals surface area contributed by atoms with Crippen LogP contribution in [-0.2, 0) is 23.5 Å². The number of carbonyl (C=O) groups excluding carboxylic acids is 1. The maximum atomic E-state index is 13.5. The first kappa shape index (κ1) is 22.0. The van der Waals surface area contributed by atoms with Crippen LogP contribution in [0.25, 0.3) is 0 Å². The van der Waals surface area contributed by atoms with Gasteiger partial charge in [-0.05, 0) is 26.0 Å². The molecule has 4 rings (SSSR count). The highest BCUT2D eigenvalue weighted by Gasteiger charge is 2.40. The Morgan fingerprint density at radius 3 is 2.72 bits per heavy atom.